The van der Waals surface area contributed by atoms with E-state index in [2.05, 4.69) is 15.5 Å². The minimum Gasteiger partial charge on any atom is -0.365 e. The van der Waals surface area contributed by atoms with Crippen LogP contribution >= 0.6 is 0 Å². The third kappa shape index (κ3) is 4.54. The van der Waals surface area contributed by atoms with Gasteiger partial charge in [-0.05, 0) is 37.5 Å². The Bertz CT molecular complexity index is 761. The third-order valence-corrected chi connectivity index (χ3v) is 4.43. The number of carbonyl (C=O) groups is 1. The molecule has 25 heavy (non-hydrogen) atoms. The molecule has 2 aromatic rings. The van der Waals surface area contributed by atoms with Gasteiger partial charge in [-0.2, -0.15) is 5.10 Å². The van der Waals surface area contributed by atoms with Crippen LogP contribution in [0.1, 0.15) is 39.0 Å². The van der Waals surface area contributed by atoms with E-state index in [4.69, 9.17) is 4.74 Å². The molecule has 6 nitrogen and oxygen atoms in total. The van der Waals surface area contributed by atoms with E-state index in [-0.39, 0.29) is 17.6 Å². The van der Waals surface area contributed by atoms with Crippen molar-refractivity contribution in [3.05, 3.63) is 46.8 Å². The number of hydrogen-bond donors (Lipinski definition) is 2. The van der Waals surface area contributed by atoms with Crippen LogP contribution in [0.3, 0.4) is 0 Å². The predicted octanol–water partition coefficient (Wildman–Crippen LogP) is 3.11. The molecule has 1 aromatic carbocycles. The summed E-state index contributed by atoms with van der Waals surface area (Å²) in [5, 5.41) is 9.35. The van der Waals surface area contributed by atoms with Gasteiger partial charge in [0.2, 0.25) is 0 Å². The van der Waals surface area contributed by atoms with Crippen molar-refractivity contribution in [2.45, 2.75) is 51.2 Å². The molecule has 1 aliphatic carbocycles. The standard InChI is InChI=1S/C19H23N3O3/c1-2-17(25-15-8-3-4-9-15)19(24)20-14-7-5-6-13(12-14)16-10-11-18(23)22-21-16/h5-7,10-12,15,17H,2-4,8-9H2,1H3,(H,20,24)(H,22,23). The average molecular weight is 341 g/mol. The van der Waals surface area contributed by atoms with E-state index in [0.717, 1.165) is 18.4 Å². The number of H-pyrrole nitrogens is 1. The maximum absolute atomic E-state index is 12.5. The molecule has 6 heteroatoms. The number of nitrogens with zero attached hydrogens (tertiary/aromatic N) is 1. The zero-order valence-corrected chi connectivity index (χ0v) is 14.3. The van der Waals surface area contributed by atoms with Crippen LogP contribution in [0.15, 0.2) is 41.2 Å². The Balaban J connectivity index is 1.69. The molecular weight excluding hydrogens is 318 g/mol. The monoisotopic (exact) mass is 341 g/mol. The second kappa shape index (κ2) is 8.07. The van der Waals surface area contributed by atoms with Crippen LogP contribution in [-0.2, 0) is 9.53 Å². The van der Waals surface area contributed by atoms with Gasteiger partial charge in [-0.3, -0.25) is 9.59 Å². The van der Waals surface area contributed by atoms with E-state index in [0.29, 0.717) is 17.8 Å². The molecule has 132 valence electrons. The topological polar surface area (TPSA) is 84.1 Å². The van der Waals surface area contributed by atoms with Crippen LogP contribution in [0.5, 0.6) is 0 Å². The first-order chi connectivity index (χ1) is 12.2. The number of aromatic amines is 1. The molecule has 0 saturated heterocycles. The maximum Gasteiger partial charge on any atom is 0.264 e. The Morgan fingerprint density at radius 2 is 2.12 bits per heavy atom. The molecular formula is C19H23N3O3. The smallest absolute Gasteiger partial charge is 0.264 e. The predicted molar refractivity (Wildman–Crippen MR) is 96.3 cm³/mol. The molecule has 3 rings (SSSR count). The molecule has 0 bridgehead atoms. The van der Waals surface area contributed by atoms with Gasteiger partial charge in [-0.25, -0.2) is 5.10 Å². The molecule has 1 aliphatic rings. The molecule has 1 fully saturated rings. The van der Waals surface area contributed by atoms with Crippen molar-refractivity contribution >= 4 is 11.6 Å². The fraction of sp³-hybridized carbons (Fsp3) is 0.421. The Kier molecular flexibility index (Phi) is 5.60. The molecule has 0 spiro atoms. The van der Waals surface area contributed by atoms with Crippen LogP contribution in [0.2, 0.25) is 0 Å². The van der Waals surface area contributed by atoms with Gasteiger partial charge in [-0.1, -0.05) is 31.9 Å². The lowest BCUT2D eigenvalue weighted by molar-refractivity contribution is -0.131. The first-order valence-corrected chi connectivity index (χ1v) is 8.78. The van der Waals surface area contributed by atoms with Gasteiger partial charge in [0.25, 0.3) is 11.5 Å². The number of ether oxygens (including phenoxy) is 1. The van der Waals surface area contributed by atoms with E-state index in [1.807, 2.05) is 31.2 Å². The van der Waals surface area contributed by atoms with E-state index < -0.39 is 6.10 Å². The average Bonchev–Trinajstić information content (AvgIpc) is 3.13. The van der Waals surface area contributed by atoms with Gasteiger partial charge >= 0.3 is 0 Å². The van der Waals surface area contributed by atoms with Gasteiger partial charge in [0, 0.05) is 17.3 Å². The molecule has 1 saturated carbocycles. The molecule has 1 atom stereocenters. The van der Waals surface area contributed by atoms with Crippen molar-refractivity contribution in [1.29, 1.82) is 0 Å². The van der Waals surface area contributed by atoms with Gasteiger partial charge in [0.05, 0.1) is 11.8 Å². The number of benzene rings is 1. The summed E-state index contributed by atoms with van der Waals surface area (Å²) in [7, 11) is 0. The largest absolute Gasteiger partial charge is 0.365 e. The maximum atomic E-state index is 12.5. The lowest BCUT2D eigenvalue weighted by Crippen LogP contribution is -2.32. The van der Waals surface area contributed by atoms with E-state index >= 15 is 0 Å². The molecule has 1 unspecified atom stereocenters. The summed E-state index contributed by atoms with van der Waals surface area (Å²) in [5.74, 6) is -0.124. The van der Waals surface area contributed by atoms with Gasteiger partial charge in [-0.15, -0.1) is 0 Å². The summed E-state index contributed by atoms with van der Waals surface area (Å²) in [6.45, 7) is 1.96. The fourth-order valence-corrected chi connectivity index (χ4v) is 3.08. The fourth-order valence-electron chi connectivity index (χ4n) is 3.08. The Labute approximate surface area is 146 Å². The number of carbonyl (C=O) groups excluding carboxylic acids is 1. The van der Waals surface area contributed by atoms with Gasteiger partial charge in [0.15, 0.2) is 0 Å². The summed E-state index contributed by atoms with van der Waals surface area (Å²) < 4.78 is 5.96. The number of hydrogen-bond acceptors (Lipinski definition) is 4. The van der Waals surface area contributed by atoms with E-state index in [1.165, 1.54) is 18.9 Å². The normalized spacial score (nSPS) is 15.9. The minimum absolute atomic E-state index is 0.124. The molecule has 1 heterocycles. The Morgan fingerprint density at radius 1 is 1.32 bits per heavy atom. The highest BCUT2D eigenvalue weighted by Gasteiger charge is 2.24. The lowest BCUT2D eigenvalue weighted by atomic mass is 10.1. The summed E-state index contributed by atoms with van der Waals surface area (Å²) in [6.07, 6.45) is 4.84. The molecule has 0 radical (unpaired) electrons. The Hall–Kier alpha value is -2.47. The van der Waals surface area contributed by atoms with Crippen molar-refractivity contribution in [2.24, 2.45) is 0 Å². The number of anilines is 1. The highest BCUT2D eigenvalue weighted by Crippen LogP contribution is 2.24. The summed E-state index contributed by atoms with van der Waals surface area (Å²) in [5.41, 5.74) is 1.90. The molecule has 1 aromatic heterocycles. The third-order valence-electron chi connectivity index (χ3n) is 4.43. The SMILES string of the molecule is CCC(OC1CCCC1)C(=O)Nc1cccc(-c2ccc(=O)[nH]n2)c1. The highest BCUT2D eigenvalue weighted by molar-refractivity contribution is 5.94. The van der Waals surface area contributed by atoms with Crippen molar-refractivity contribution < 1.29 is 9.53 Å². The van der Waals surface area contributed by atoms with Crippen LogP contribution in [-0.4, -0.2) is 28.3 Å². The zero-order valence-electron chi connectivity index (χ0n) is 14.3. The molecule has 0 aliphatic heterocycles. The van der Waals surface area contributed by atoms with Crippen LogP contribution in [0.4, 0.5) is 5.69 Å². The summed E-state index contributed by atoms with van der Waals surface area (Å²) in [4.78, 5) is 23.7. The second-order valence-electron chi connectivity index (χ2n) is 6.32. The highest BCUT2D eigenvalue weighted by atomic mass is 16.5. The Morgan fingerprint density at radius 3 is 2.80 bits per heavy atom. The number of amides is 1. The van der Waals surface area contributed by atoms with Gasteiger partial charge in [0.1, 0.15) is 6.10 Å². The second-order valence-corrected chi connectivity index (χ2v) is 6.32. The zero-order chi connectivity index (χ0) is 17.6. The molecule has 1 amide bonds. The number of nitrogens with one attached hydrogen (secondary N) is 2. The van der Waals surface area contributed by atoms with Crippen LogP contribution in [0.25, 0.3) is 11.3 Å². The van der Waals surface area contributed by atoms with Crippen molar-refractivity contribution in [3.8, 4) is 11.3 Å². The minimum atomic E-state index is -0.432. The first-order valence-electron chi connectivity index (χ1n) is 8.78. The summed E-state index contributed by atoms with van der Waals surface area (Å²) in [6, 6.07) is 10.5. The summed E-state index contributed by atoms with van der Waals surface area (Å²) >= 11 is 0. The quantitative estimate of drug-likeness (QED) is 0.845. The van der Waals surface area contributed by atoms with Crippen molar-refractivity contribution in [1.82, 2.24) is 10.2 Å². The van der Waals surface area contributed by atoms with Gasteiger partial charge < -0.3 is 10.1 Å². The number of rotatable bonds is 6. The van der Waals surface area contributed by atoms with Crippen LogP contribution < -0.4 is 10.9 Å². The molecule has 2 N–H and O–H groups in total. The first kappa shape index (κ1) is 17.4. The van der Waals surface area contributed by atoms with Crippen molar-refractivity contribution in [2.75, 3.05) is 5.32 Å². The van der Waals surface area contributed by atoms with Crippen LogP contribution in [0, 0.1) is 0 Å². The lowest BCUT2D eigenvalue weighted by Gasteiger charge is -2.20. The van der Waals surface area contributed by atoms with E-state index in [9.17, 15) is 9.59 Å². The van der Waals surface area contributed by atoms with Crippen molar-refractivity contribution in [3.63, 3.8) is 0 Å². The number of aromatic nitrogens is 2. The van der Waals surface area contributed by atoms with E-state index in [1.54, 1.807) is 6.07 Å².